The Morgan fingerprint density at radius 2 is 2.00 bits per heavy atom. The third kappa shape index (κ3) is 3.07. The maximum absolute atomic E-state index is 12.3. The minimum atomic E-state index is -4.55. The van der Waals surface area contributed by atoms with Crippen LogP contribution in [0.3, 0.4) is 0 Å². The van der Waals surface area contributed by atoms with Gasteiger partial charge in [-0.25, -0.2) is 8.42 Å². The van der Waals surface area contributed by atoms with Crippen molar-refractivity contribution >= 4 is 16.1 Å². The van der Waals surface area contributed by atoms with Crippen molar-refractivity contribution in [2.24, 2.45) is 11.8 Å². The number of benzene rings is 1. The first kappa shape index (κ1) is 19.4. The van der Waals surface area contributed by atoms with Crippen LogP contribution in [0.15, 0.2) is 17.0 Å². The van der Waals surface area contributed by atoms with Crippen molar-refractivity contribution in [2.45, 2.75) is 69.1 Å². The molecule has 1 saturated carbocycles. The third-order valence-corrected chi connectivity index (χ3v) is 7.38. The predicted octanol–water partition coefficient (Wildman–Crippen LogP) is 3.51. The first-order valence-corrected chi connectivity index (χ1v) is 10.7. The van der Waals surface area contributed by atoms with E-state index in [0.29, 0.717) is 5.56 Å². The second-order valence-corrected chi connectivity index (χ2v) is 9.59. The van der Waals surface area contributed by atoms with E-state index in [4.69, 9.17) is 4.74 Å². The van der Waals surface area contributed by atoms with Crippen LogP contribution in [-0.4, -0.2) is 26.0 Å². The van der Waals surface area contributed by atoms with Crippen LogP contribution in [0.5, 0.6) is 0 Å². The molecule has 26 heavy (non-hydrogen) atoms. The van der Waals surface area contributed by atoms with Gasteiger partial charge in [0.1, 0.15) is 10.1 Å². The monoisotopic (exact) mass is 379 g/mol. The van der Waals surface area contributed by atoms with Gasteiger partial charge < -0.3 is 9.29 Å². The summed E-state index contributed by atoms with van der Waals surface area (Å²) in [4.78, 5) is 12.2. The second kappa shape index (κ2) is 6.64. The lowest BCUT2D eigenvalue weighted by molar-refractivity contribution is -0.150. The van der Waals surface area contributed by atoms with Crippen LogP contribution in [-0.2, 0) is 31.5 Å². The van der Waals surface area contributed by atoms with Crippen LogP contribution < -0.4 is 0 Å². The normalized spacial score (nSPS) is 28.4. The summed E-state index contributed by atoms with van der Waals surface area (Å²) in [5.41, 5.74) is 2.34. The number of carbonyl (C=O) groups excluding carboxylic acids is 1. The average Bonchev–Trinajstić information content (AvgIpc) is 2.58. The Bertz CT molecular complexity index is 827. The van der Waals surface area contributed by atoms with Gasteiger partial charge in [0.15, 0.2) is 0 Å². The fourth-order valence-corrected chi connectivity index (χ4v) is 6.01. The molecule has 0 bridgehead atoms. The SMILES string of the molecule is COC(=O)[C@@H]1CCC[C@]2(C)c3cc(S(=O)(=O)[O-])c(C(C)C)cc3CC[C@H]12. The largest absolute Gasteiger partial charge is 0.744 e. The van der Waals surface area contributed by atoms with Crippen molar-refractivity contribution < 1.29 is 22.5 Å². The van der Waals surface area contributed by atoms with Crippen LogP contribution in [0.4, 0.5) is 0 Å². The number of hydrogen-bond acceptors (Lipinski definition) is 5. The standard InChI is InChI=1S/C20H28O5S/c1-12(2)15-10-13-7-8-16-14(19(21)25-4)6-5-9-20(16,3)17(13)11-18(15)26(22,23)24/h10-12,14,16H,5-9H2,1-4H3,(H,22,23,24)/p-1/t14-,16-,20+/m1/s1. The molecule has 5 nitrogen and oxygen atoms in total. The van der Waals surface area contributed by atoms with Gasteiger partial charge in [0.2, 0.25) is 0 Å². The van der Waals surface area contributed by atoms with Gasteiger partial charge in [0.05, 0.1) is 17.9 Å². The highest BCUT2D eigenvalue weighted by Crippen LogP contribution is 2.53. The molecule has 0 saturated heterocycles. The molecule has 0 aromatic heterocycles. The van der Waals surface area contributed by atoms with Crippen molar-refractivity contribution in [1.82, 2.24) is 0 Å². The number of carbonyl (C=O) groups is 1. The molecule has 6 heteroatoms. The maximum atomic E-state index is 12.3. The molecule has 2 aliphatic carbocycles. The van der Waals surface area contributed by atoms with E-state index in [1.54, 1.807) is 6.07 Å². The summed E-state index contributed by atoms with van der Waals surface area (Å²) in [7, 11) is -3.13. The summed E-state index contributed by atoms with van der Waals surface area (Å²) in [6, 6.07) is 3.52. The molecule has 3 rings (SSSR count). The zero-order valence-electron chi connectivity index (χ0n) is 15.9. The van der Waals surface area contributed by atoms with Gasteiger partial charge in [-0.1, -0.05) is 33.3 Å². The number of rotatable bonds is 3. The number of ether oxygens (including phenoxy) is 1. The summed E-state index contributed by atoms with van der Waals surface area (Å²) in [6.45, 7) is 5.91. The molecule has 144 valence electrons. The van der Waals surface area contributed by atoms with E-state index in [0.717, 1.165) is 43.2 Å². The number of hydrogen-bond donors (Lipinski definition) is 0. The Labute approximate surface area is 155 Å². The minimum absolute atomic E-state index is 0.0428. The Hall–Kier alpha value is -1.40. The molecule has 0 amide bonds. The van der Waals surface area contributed by atoms with Crippen molar-refractivity contribution in [3.05, 3.63) is 28.8 Å². The fraction of sp³-hybridized carbons (Fsp3) is 0.650. The fourth-order valence-electron chi connectivity index (χ4n) is 5.17. The lowest BCUT2D eigenvalue weighted by atomic mass is 9.54. The molecule has 1 aromatic carbocycles. The average molecular weight is 379 g/mol. The van der Waals surface area contributed by atoms with E-state index in [2.05, 4.69) is 6.92 Å². The van der Waals surface area contributed by atoms with Crippen molar-refractivity contribution in [3.63, 3.8) is 0 Å². The molecule has 2 aliphatic rings. The molecule has 0 spiro atoms. The van der Waals surface area contributed by atoms with Gasteiger partial charge in [-0.3, -0.25) is 4.79 Å². The highest BCUT2D eigenvalue weighted by Gasteiger charge is 2.49. The third-order valence-electron chi connectivity index (χ3n) is 6.49. The molecule has 0 heterocycles. The van der Waals surface area contributed by atoms with Crippen molar-refractivity contribution in [1.29, 1.82) is 0 Å². The molecule has 3 atom stereocenters. The molecule has 1 fully saturated rings. The summed E-state index contributed by atoms with van der Waals surface area (Å²) >= 11 is 0. The van der Waals surface area contributed by atoms with Gasteiger partial charge in [-0.2, -0.15) is 0 Å². The Morgan fingerprint density at radius 1 is 1.31 bits per heavy atom. The number of methoxy groups -OCH3 is 1. The molecular weight excluding hydrogens is 352 g/mol. The smallest absolute Gasteiger partial charge is 0.308 e. The summed E-state index contributed by atoms with van der Waals surface area (Å²) in [6.07, 6.45) is 4.25. The van der Waals surface area contributed by atoms with Gasteiger partial charge in [0, 0.05) is 0 Å². The molecule has 0 aliphatic heterocycles. The molecule has 0 radical (unpaired) electrons. The lowest BCUT2D eigenvalue weighted by Gasteiger charge is -2.49. The predicted molar refractivity (Wildman–Crippen MR) is 97.0 cm³/mol. The van der Waals surface area contributed by atoms with Crippen LogP contribution in [0.25, 0.3) is 0 Å². The number of fused-ring (bicyclic) bond motifs is 3. The molecule has 0 unspecified atom stereocenters. The quantitative estimate of drug-likeness (QED) is 0.593. The van der Waals surface area contributed by atoms with Gasteiger partial charge in [-0.05, 0) is 65.7 Å². The lowest BCUT2D eigenvalue weighted by Crippen LogP contribution is -2.46. The van der Waals surface area contributed by atoms with Gasteiger partial charge in [-0.15, -0.1) is 0 Å². The Balaban J connectivity index is 2.17. The topological polar surface area (TPSA) is 83.5 Å². The zero-order valence-corrected chi connectivity index (χ0v) is 16.7. The zero-order chi connectivity index (χ0) is 19.3. The Morgan fingerprint density at radius 3 is 2.58 bits per heavy atom. The van der Waals surface area contributed by atoms with Crippen molar-refractivity contribution in [3.8, 4) is 0 Å². The van der Waals surface area contributed by atoms with E-state index in [9.17, 15) is 17.8 Å². The first-order chi connectivity index (χ1) is 12.1. The maximum Gasteiger partial charge on any atom is 0.308 e. The van der Waals surface area contributed by atoms with Crippen LogP contribution in [0.1, 0.15) is 69.1 Å². The van der Waals surface area contributed by atoms with Crippen molar-refractivity contribution in [2.75, 3.05) is 7.11 Å². The second-order valence-electron chi connectivity index (χ2n) is 8.24. The van der Waals surface area contributed by atoms with E-state index < -0.39 is 10.1 Å². The molecule has 1 aromatic rings. The van der Waals surface area contributed by atoms with Gasteiger partial charge >= 0.3 is 5.97 Å². The molecule has 0 N–H and O–H groups in total. The number of aryl methyl sites for hydroxylation is 1. The summed E-state index contributed by atoms with van der Waals surface area (Å²) in [5.74, 6) is -0.272. The Kier molecular flexibility index (Phi) is 4.95. The number of esters is 1. The van der Waals surface area contributed by atoms with Gasteiger partial charge in [0.25, 0.3) is 0 Å². The van der Waals surface area contributed by atoms with Crippen LogP contribution in [0, 0.1) is 11.8 Å². The van der Waals surface area contributed by atoms with Crippen LogP contribution >= 0.6 is 0 Å². The molecular formula is C20H27O5S-. The minimum Gasteiger partial charge on any atom is -0.744 e. The van der Waals surface area contributed by atoms with E-state index >= 15 is 0 Å². The highest BCUT2D eigenvalue weighted by atomic mass is 32.2. The summed E-state index contributed by atoms with van der Waals surface area (Å²) in [5, 5.41) is 0. The van der Waals surface area contributed by atoms with Crippen LogP contribution in [0.2, 0.25) is 0 Å². The highest BCUT2D eigenvalue weighted by molar-refractivity contribution is 7.85. The first-order valence-electron chi connectivity index (χ1n) is 9.30. The summed E-state index contributed by atoms with van der Waals surface area (Å²) < 4.78 is 40.7. The van der Waals surface area contributed by atoms with E-state index in [1.807, 2.05) is 19.9 Å². The van der Waals surface area contributed by atoms with E-state index in [-0.39, 0.29) is 34.0 Å². The van der Waals surface area contributed by atoms with E-state index in [1.165, 1.54) is 7.11 Å².